The van der Waals surface area contributed by atoms with Crippen molar-refractivity contribution >= 4 is 23.6 Å². The Bertz CT molecular complexity index is 949. The molecule has 3 aliphatic heterocycles. The number of fused-ring (bicyclic) bond motifs is 3. The Morgan fingerprint density at radius 3 is 2.55 bits per heavy atom. The number of nitrogens with one attached hydrogen (secondary N) is 2. The monoisotopic (exact) mass is 426 g/mol. The molecule has 9 nitrogen and oxygen atoms in total. The third-order valence-electron chi connectivity index (χ3n) is 6.97. The van der Waals surface area contributed by atoms with Gasteiger partial charge in [-0.15, -0.1) is 0 Å². The van der Waals surface area contributed by atoms with Gasteiger partial charge in [0.15, 0.2) is 0 Å². The minimum Gasteiger partial charge on any atom is -0.381 e. The highest BCUT2D eigenvalue weighted by atomic mass is 16.5. The maximum absolute atomic E-state index is 13.2. The molecule has 4 N–H and O–H groups in total. The number of benzene rings is 1. The van der Waals surface area contributed by atoms with E-state index >= 15 is 0 Å². The van der Waals surface area contributed by atoms with Crippen molar-refractivity contribution in [3.8, 4) is 0 Å². The van der Waals surface area contributed by atoms with Crippen molar-refractivity contribution < 1.29 is 23.9 Å². The van der Waals surface area contributed by atoms with E-state index in [1.807, 2.05) is 6.07 Å². The number of imide groups is 2. The van der Waals surface area contributed by atoms with Gasteiger partial charge in [-0.1, -0.05) is 12.1 Å². The Morgan fingerprint density at radius 1 is 1.10 bits per heavy atom. The molecule has 1 aromatic rings. The number of carbonyl (C=O) groups is 4. The Balaban J connectivity index is 1.36. The molecule has 0 aromatic heterocycles. The van der Waals surface area contributed by atoms with Crippen LogP contribution in [0.25, 0.3) is 0 Å². The topological polar surface area (TPSA) is 131 Å². The van der Waals surface area contributed by atoms with E-state index in [2.05, 4.69) is 10.6 Å². The van der Waals surface area contributed by atoms with Gasteiger partial charge < -0.3 is 15.8 Å². The summed E-state index contributed by atoms with van der Waals surface area (Å²) in [6.07, 6.45) is 2.06. The molecule has 0 radical (unpaired) electrons. The van der Waals surface area contributed by atoms with E-state index in [1.54, 1.807) is 12.1 Å². The molecular weight excluding hydrogens is 400 g/mol. The van der Waals surface area contributed by atoms with E-state index < -0.39 is 23.8 Å². The summed E-state index contributed by atoms with van der Waals surface area (Å²) in [7, 11) is 0. The van der Waals surface area contributed by atoms with Crippen LogP contribution >= 0.6 is 0 Å². The molecule has 5 atom stereocenters. The standard InChI is InChI=1S/C22H26N4O5/c23-14-6-12-9-31-10-13(7-14)19(12)24-8-11-2-1-3-15-18(11)22(30)26(21(15)29)16-4-5-17(27)25-20(16)28/h1-3,12-14,16,19,24H,4-10,23H2,(H,25,27,28)/t12-,13+,14?,16?,19?. The molecule has 1 aromatic carbocycles. The summed E-state index contributed by atoms with van der Waals surface area (Å²) in [6.45, 7) is 1.79. The van der Waals surface area contributed by atoms with Crippen LogP contribution in [0.1, 0.15) is 52.0 Å². The van der Waals surface area contributed by atoms with Gasteiger partial charge in [0.1, 0.15) is 6.04 Å². The van der Waals surface area contributed by atoms with E-state index in [9.17, 15) is 19.2 Å². The Kier molecular flexibility index (Phi) is 5.11. The molecule has 164 valence electrons. The first kappa shape index (κ1) is 20.3. The van der Waals surface area contributed by atoms with Crippen LogP contribution in [0.3, 0.4) is 0 Å². The normalized spacial score (nSPS) is 32.8. The first-order valence-corrected chi connectivity index (χ1v) is 10.8. The number of nitrogens with zero attached hydrogens (tertiary/aromatic N) is 1. The molecule has 2 saturated heterocycles. The van der Waals surface area contributed by atoms with Gasteiger partial charge in [0.2, 0.25) is 11.8 Å². The van der Waals surface area contributed by atoms with Crippen LogP contribution in [0.2, 0.25) is 0 Å². The molecular formula is C22H26N4O5. The Hall–Kier alpha value is -2.62. The average Bonchev–Trinajstić information content (AvgIpc) is 2.98. The van der Waals surface area contributed by atoms with Gasteiger partial charge in [0, 0.05) is 25.0 Å². The fraction of sp³-hybridized carbons (Fsp3) is 0.545. The van der Waals surface area contributed by atoms with E-state index in [4.69, 9.17) is 10.5 Å². The van der Waals surface area contributed by atoms with Crippen LogP contribution in [-0.4, -0.2) is 59.9 Å². The van der Waals surface area contributed by atoms with Crippen molar-refractivity contribution in [3.63, 3.8) is 0 Å². The van der Waals surface area contributed by atoms with Crippen molar-refractivity contribution in [2.24, 2.45) is 17.6 Å². The molecule has 1 aliphatic carbocycles. The highest BCUT2D eigenvalue weighted by Crippen LogP contribution is 2.34. The Morgan fingerprint density at radius 2 is 1.84 bits per heavy atom. The lowest BCUT2D eigenvalue weighted by Gasteiger charge is -2.45. The quantitative estimate of drug-likeness (QED) is 0.575. The molecule has 5 rings (SSSR count). The number of hydrogen-bond acceptors (Lipinski definition) is 7. The minimum absolute atomic E-state index is 0.104. The SMILES string of the molecule is NC1C[C@H]2COC[C@@H](C1)C2NCc1cccc2c1C(=O)N(C1CCC(=O)NC1=O)C2=O. The lowest BCUT2D eigenvalue weighted by molar-refractivity contribution is -0.136. The first-order valence-electron chi connectivity index (χ1n) is 10.8. The molecule has 31 heavy (non-hydrogen) atoms. The van der Waals surface area contributed by atoms with Gasteiger partial charge in [-0.25, -0.2) is 0 Å². The smallest absolute Gasteiger partial charge is 0.262 e. The van der Waals surface area contributed by atoms with Crippen LogP contribution in [0.15, 0.2) is 18.2 Å². The van der Waals surface area contributed by atoms with Gasteiger partial charge in [0.25, 0.3) is 11.8 Å². The summed E-state index contributed by atoms with van der Waals surface area (Å²) >= 11 is 0. The molecule has 3 fully saturated rings. The number of ether oxygens (including phenoxy) is 1. The second-order valence-corrected chi connectivity index (χ2v) is 8.98. The zero-order valence-corrected chi connectivity index (χ0v) is 17.1. The molecule has 2 bridgehead atoms. The zero-order chi connectivity index (χ0) is 21.7. The summed E-state index contributed by atoms with van der Waals surface area (Å²) in [6, 6.07) is 4.71. The fourth-order valence-corrected chi connectivity index (χ4v) is 5.56. The molecule has 4 amide bonds. The second kappa shape index (κ2) is 7.81. The van der Waals surface area contributed by atoms with Crippen molar-refractivity contribution in [2.75, 3.05) is 13.2 Å². The number of hydrogen-bond donors (Lipinski definition) is 3. The highest BCUT2D eigenvalue weighted by Gasteiger charge is 2.46. The molecule has 3 heterocycles. The predicted octanol–water partition coefficient (Wildman–Crippen LogP) is -0.0703. The number of piperidine rings is 1. The summed E-state index contributed by atoms with van der Waals surface area (Å²) in [5.74, 6) is -1.28. The zero-order valence-electron chi connectivity index (χ0n) is 17.1. The summed E-state index contributed by atoms with van der Waals surface area (Å²) in [5, 5.41) is 5.82. The third kappa shape index (κ3) is 3.46. The highest BCUT2D eigenvalue weighted by molar-refractivity contribution is 6.24. The van der Waals surface area contributed by atoms with E-state index in [0.29, 0.717) is 42.7 Å². The minimum atomic E-state index is -0.956. The van der Waals surface area contributed by atoms with Crippen molar-refractivity contribution in [1.82, 2.24) is 15.5 Å². The first-order chi connectivity index (χ1) is 14.9. The lowest BCUT2D eigenvalue weighted by atomic mass is 9.73. The molecule has 4 aliphatic rings. The number of carbonyl (C=O) groups excluding carboxylic acids is 4. The summed E-state index contributed by atoms with van der Waals surface area (Å²) in [4.78, 5) is 50.9. The van der Waals surface area contributed by atoms with Crippen molar-refractivity contribution in [2.45, 2.75) is 50.4 Å². The molecule has 3 unspecified atom stereocenters. The lowest BCUT2D eigenvalue weighted by Crippen LogP contribution is -2.55. The van der Waals surface area contributed by atoms with E-state index in [1.165, 1.54) is 0 Å². The second-order valence-electron chi connectivity index (χ2n) is 8.98. The van der Waals surface area contributed by atoms with Gasteiger partial charge in [-0.3, -0.25) is 29.4 Å². The van der Waals surface area contributed by atoms with Crippen molar-refractivity contribution in [3.05, 3.63) is 34.9 Å². The molecule has 0 spiro atoms. The number of nitrogens with two attached hydrogens (primary N) is 1. The predicted molar refractivity (Wildman–Crippen MR) is 109 cm³/mol. The molecule has 9 heteroatoms. The van der Waals surface area contributed by atoms with Crippen LogP contribution in [-0.2, 0) is 20.9 Å². The van der Waals surface area contributed by atoms with Gasteiger partial charge in [-0.05, 0) is 42.7 Å². The maximum atomic E-state index is 13.2. The third-order valence-corrected chi connectivity index (χ3v) is 6.97. The maximum Gasteiger partial charge on any atom is 0.262 e. The fourth-order valence-electron chi connectivity index (χ4n) is 5.56. The summed E-state index contributed by atoms with van der Waals surface area (Å²) < 4.78 is 5.71. The largest absolute Gasteiger partial charge is 0.381 e. The van der Waals surface area contributed by atoms with Gasteiger partial charge in [-0.2, -0.15) is 0 Å². The number of rotatable bonds is 4. The van der Waals surface area contributed by atoms with E-state index in [-0.39, 0.29) is 30.8 Å². The average molecular weight is 426 g/mol. The van der Waals surface area contributed by atoms with Crippen LogP contribution in [0, 0.1) is 11.8 Å². The van der Waals surface area contributed by atoms with Crippen molar-refractivity contribution in [1.29, 1.82) is 0 Å². The number of amides is 4. The van der Waals surface area contributed by atoms with Gasteiger partial charge >= 0.3 is 0 Å². The van der Waals surface area contributed by atoms with E-state index in [0.717, 1.165) is 23.3 Å². The summed E-state index contributed by atoms with van der Waals surface area (Å²) in [5.41, 5.74) is 7.57. The molecule has 1 saturated carbocycles. The Labute approximate surface area is 179 Å². The van der Waals surface area contributed by atoms with Crippen LogP contribution < -0.4 is 16.4 Å². The van der Waals surface area contributed by atoms with Crippen LogP contribution in [0.4, 0.5) is 0 Å². The van der Waals surface area contributed by atoms with Gasteiger partial charge in [0.05, 0.1) is 24.3 Å². The van der Waals surface area contributed by atoms with Crippen LogP contribution in [0.5, 0.6) is 0 Å².